The van der Waals surface area contributed by atoms with Crippen molar-refractivity contribution in [1.29, 1.82) is 0 Å². The lowest BCUT2D eigenvalue weighted by Crippen LogP contribution is -2.30. The van der Waals surface area contributed by atoms with Gasteiger partial charge in [-0.05, 0) is 30.9 Å². The van der Waals surface area contributed by atoms with Crippen molar-refractivity contribution in [3.63, 3.8) is 0 Å². The van der Waals surface area contributed by atoms with Crippen molar-refractivity contribution in [2.45, 2.75) is 19.4 Å². The summed E-state index contributed by atoms with van der Waals surface area (Å²) in [7, 11) is 0. The molecule has 0 bridgehead atoms. The number of carbonyl (C=O) groups is 2. The summed E-state index contributed by atoms with van der Waals surface area (Å²) in [6.07, 6.45) is 3.97. The van der Waals surface area contributed by atoms with Gasteiger partial charge < -0.3 is 15.0 Å². The van der Waals surface area contributed by atoms with Crippen molar-refractivity contribution in [3.8, 4) is 0 Å². The van der Waals surface area contributed by atoms with Crippen LogP contribution in [-0.2, 0) is 11.3 Å². The van der Waals surface area contributed by atoms with Gasteiger partial charge in [0.15, 0.2) is 0 Å². The van der Waals surface area contributed by atoms with Crippen molar-refractivity contribution in [2.75, 3.05) is 6.54 Å². The smallest absolute Gasteiger partial charge is 0.352 e. The molecule has 0 radical (unpaired) electrons. The van der Waals surface area contributed by atoms with Crippen LogP contribution in [0.25, 0.3) is 0 Å². The van der Waals surface area contributed by atoms with Gasteiger partial charge in [-0.3, -0.25) is 4.79 Å². The molecule has 0 spiro atoms. The quantitative estimate of drug-likeness (QED) is 0.770. The molecule has 1 heterocycles. The van der Waals surface area contributed by atoms with Gasteiger partial charge in [-0.2, -0.15) is 0 Å². The summed E-state index contributed by atoms with van der Waals surface area (Å²) in [6.45, 7) is 0.782. The molecule has 1 aromatic heterocycles. The second kappa shape index (κ2) is 4.38. The average Bonchev–Trinajstić information content (AvgIpc) is 2.95. The number of aromatic carboxylic acids is 1. The fourth-order valence-electron chi connectivity index (χ4n) is 1.54. The number of hydrogen-bond donors (Lipinski definition) is 2. The van der Waals surface area contributed by atoms with E-state index in [9.17, 15) is 9.59 Å². The summed E-state index contributed by atoms with van der Waals surface area (Å²) < 4.78 is 1.44. The Bertz CT molecular complexity index is 407. The molecule has 0 aromatic carbocycles. The Balaban J connectivity index is 1.89. The number of hydrogen-bond acceptors (Lipinski definition) is 2. The lowest BCUT2D eigenvalue weighted by Gasteiger charge is -2.07. The molecule has 16 heavy (non-hydrogen) atoms. The molecule has 86 valence electrons. The van der Waals surface area contributed by atoms with Gasteiger partial charge in [0.1, 0.15) is 12.2 Å². The second-order valence-corrected chi connectivity index (χ2v) is 4.07. The monoisotopic (exact) mass is 222 g/mol. The van der Waals surface area contributed by atoms with E-state index in [2.05, 4.69) is 5.32 Å². The molecule has 0 saturated heterocycles. The zero-order chi connectivity index (χ0) is 11.5. The van der Waals surface area contributed by atoms with Crippen LogP contribution in [0.15, 0.2) is 18.3 Å². The summed E-state index contributed by atoms with van der Waals surface area (Å²) in [5.41, 5.74) is 0.140. The molecule has 0 atom stereocenters. The predicted octanol–water partition coefficient (Wildman–Crippen LogP) is 0.712. The third-order valence-electron chi connectivity index (χ3n) is 2.65. The van der Waals surface area contributed by atoms with E-state index in [1.165, 1.54) is 23.5 Å². The summed E-state index contributed by atoms with van der Waals surface area (Å²) in [5.74, 6) is -0.516. The first-order chi connectivity index (χ1) is 7.66. The van der Waals surface area contributed by atoms with Crippen LogP contribution in [0.2, 0.25) is 0 Å². The number of carbonyl (C=O) groups excluding carboxylic acids is 1. The van der Waals surface area contributed by atoms with E-state index in [4.69, 9.17) is 5.11 Å². The Kier molecular flexibility index (Phi) is 2.94. The molecule has 1 saturated carbocycles. The maximum absolute atomic E-state index is 11.5. The number of carboxylic acids is 1. The molecule has 1 fully saturated rings. The average molecular weight is 222 g/mol. The van der Waals surface area contributed by atoms with Crippen molar-refractivity contribution in [2.24, 2.45) is 5.92 Å². The normalized spacial score (nSPS) is 14.8. The summed E-state index contributed by atoms with van der Waals surface area (Å²) >= 11 is 0. The van der Waals surface area contributed by atoms with E-state index in [1.54, 1.807) is 12.3 Å². The largest absolute Gasteiger partial charge is 0.477 e. The first-order valence-electron chi connectivity index (χ1n) is 5.32. The predicted molar refractivity (Wildman–Crippen MR) is 57.1 cm³/mol. The highest BCUT2D eigenvalue weighted by Gasteiger charge is 2.21. The van der Waals surface area contributed by atoms with E-state index < -0.39 is 5.97 Å². The SMILES string of the molecule is O=C(Cn1cccc1C(=O)O)NCC1CC1. The van der Waals surface area contributed by atoms with Crippen LogP contribution in [0.4, 0.5) is 0 Å². The van der Waals surface area contributed by atoms with Crippen LogP contribution in [0, 0.1) is 5.92 Å². The zero-order valence-corrected chi connectivity index (χ0v) is 8.85. The molecule has 0 aliphatic heterocycles. The van der Waals surface area contributed by atoms with Crippen molar-refractivity contribution in [3.05, 3.63) is 24.0 Å². The van der Waals surface area contributed by atoms with E-state index >= 15 is 0 Å². The second-order valence-electron chi connectivity index (χ2n) is 4.07. The maximum atomic E-state index is 11.5. The molecular weight excluding hydrogens is 208 g/mol. The van der Waals surface area contributed by atoms with Crippen LogP contribution in [0.5, 0.6) is 0 Å². The van der Waals surface area contributed by atoms with Crippen LogP contribution in [0.1, 0.15) is 23.3 Å². The van der Waals surface area contributed by atoms with Gasteiger partial charge in [0.2, 0.25) is 5.91 Å². The van der Waals surface area contributed by atoms with Crippen LogP contribution < -0.4 is 5.32 Å². The van der Waals surface area contributed by atoms with E-state index in [1.807, 2.05) is 0 Å². The Hall–Kier alpha value is -1.78. The lowest BCUT2D eigenvalue weighted by atomic mass is 10.4. The number of rotatable bonds is 5. The minimum atomic E-state index is -1.01. The molecule has 2 N–H and O–H groups in total. The molecule has 0 unspecified atom stereocenters. The number of nitrogens with one attached hydrogen (secondary N) is 1. The molecular formula is C11H14N2O3. The fourth-order valence-corrected chi connectivity index (χ4v) is 1.54. The van der Waals surface area contributed by atoms with E-state index in [0.717, 1.165) is 0 Å². The molecule has 1 amide bonds. The van der Waals surface area contributed by atoms with Gasteiger partial charge >= 0.3 is 5.97 Å². The van der Waals surface area contributed by atoms with Gasteiger partial charge in [-0.25, -0.2) is 4.79 Å². The number of nitrogens with zero attached hydrogens (tertiary/aromatic N) is 1. The highest BCUT2D eigenvalue weighted by molar-refractivity contribution is 5.86. The van der Waals surface area contributed by atoms with E-state index in [0.29, 0.717) is 12.5 Å². The van der Waals surface area contributed by atoms with Crippen molar-refractivity contribution >= 4 is 11.9 Å². The minimum absolute atomic E-state index is 0.0708. The Morgan fingerprint density at radius 1 is 1.50 bits per heavy atom. The van der Waals surface area contributed by atoms with Gasteiger partial charge in [0.05, 0.1) is 0 Å². The Morgan fingerprint density at radius 3 is 2.88 bits per heavy atom. The third-order valence-corrected chi connectivity index (χ3v) is 2.65. The van der Waals surface area contributed by atoms with E-state index in [-0.39, 0.29) is 18.1 Å². The first kappa shape index (κ1) is 10.7. The zero-order valence-electron chi connectivity index (χ0n) is 8.85. The van der Waals surface area contributed by atoms with Gasteiger partial charge in [-0.15, -0.1) is 0 Å². The Morgan fingerprint density at radius 2 is 2.25 bits per heavy atom. The third kappa shape index (κ3) is 2.62. The van der Waals surface area contributed by atoms with Crippen LogP contribution in [-0.4, -0.2) is 28.1 Å². The Labute approximate surface area is 93.1 Å². The van der Waals surface area contributed by atoms with Crippen LogP contribution >= 0.6 is 0 Å². The van der Waals surface area contributed by atoms with Crippen molar-refractivity contribution in [1.82, 2.24) is 9.88 Å². The molecule has 2 rings (SSSR count). The molecule has 5 heteroatoms. The highest BCUT2D eigenvalue weighted by atomic mass is 16.4. The molecule has 1 aliphatic carbocycles. The molecule has 5 nitrogen and oxygen atoms in total. The topological polar surface area (TPSA) is 71.3 Å². The summed E-state index contributed by atoms with van der Waals surface area (Å²) in [6, 6.07) is 3.11. The maximum Gasteiger partial charge on any atom is 0.352 e. The van der Waals surface area contributed by atoms with Gasteiger partial charge in [0, 0.05) is 12.7 Å². The van der Waals surface area contributed by atoms with Gasteiger partial charge in [0.25, 0.3) is 0 Å². The van der Waals surface area contributed by atoms with Crippen molar-refractivity contribution < 1.29 is 14.7 Å². The fraction of sp³-hybridized carbons (Fsp3) is 0.455. The minimum Gasteiger partial charge on any atom is -0.477 e. The number of aromatic nitrogens is 1. The van der Waals surface area contributed by atoms with Crippen LogP contribution in [0.3, 0.4) is 0 Å². The highest BCUT2D eigenvalue weighted by Crippen LogP contribution is 2.27. The molecule has 1 aliphatic rings. The standard InChI is InChI=1S/C11H14N2O3/c14-10(12-6-8-3-4-8)7-13-5-1-2-9(13)11(15)16/h1-2,5,8H,3-4,6-7H2,(H,12,14)(H,15,16). The lowest BCUT2D eigenvalue weighted by molar-refractivity contribution is -0.121. The summed E-state index contributed by atoms with van der Waals surface area (Å²) in [5, 5.41) is 11.6. The first-order valence-corrected chi connectivity index (χ1v) is 5.32. The summed E-state index contributed by atoms with van der Waals surface area (Å²) in [4.78, 5) is 22.3. The number of carboxylic acid groups (broad SMARTS) is 1. The van der Waals surface area contributed by atoms with Gasteiger partial charge in [-0.1, -0.05) is 0 Å². The number of amides is 1. The molecule has 1 aromatic rings.